The summed E-state index contributed by atoms with van der Waals surface area (Å²) in [5.74, 6) is -2.83. The highest BCUT2D eigenvalue weighted by Crippen LogP contribution is 2.17. The Morgan fingerprint density at radius 3 is 2.56 bits per heavy atom. The fourth-order valence-corrected chi connectivity index (χ4v) is 2.83. The Bertz CT molecular complexity index is 981. The van der Waals surface area contributed by atoms with E-state index < -0.39 is 44.3 Å². The molecule has 0 heterocycles. The molecule has 0 aliphatic rings. The van der Waals surface area contributed by atoms with Crippen molar-refractivity contribution in [2.45, 2.75) is 24.5 Å². The van der Waals surface area contributed by atoms with Crippen molar-refractivity contribution in [2.24, 2.45) is 5.14 Å². The van der Waals surface area contributed by atoms with Gasteiger partial charge in [-0.1, -0.05) is 29.8 Å². The lowest BCUT2D eigenvalue weighted by molar-refractivity contribution is -0.129. The van der Waals surface area contributed by atoms with Gasteiger partial charge < -0.3 is 10.1 Å². The molecule has 7 nitrogen and oxygen atoms in total. The molecule has 1 amide bonds. The lowest BCUT2D eigenvalue weighted by Gasteiger charge is -2.14. The second-order valence-electron chi connectivity index (χ2n) is 5.54. The number of primary sulfonamides is 1. The molecule has 0 fully saturated rings. The summed E-state index contributed by atoms with van der Waals surface area (Å²) in [7, 11) is -4.13. The first-order chi connectivity index (χ1) is 12.6. The molecule has 0 aliphatic carbocycles. The van der Waals surface area contributed by atoms with Crippen LogP contribution in [0.5, 0.6) is 0 Å². The normalized spacial score (nSPS) is 12.3. The van der Waals surface area contributed by atoms with Crippen molar-refractivity contribution in [3.8, 4) is 0 Å². The maximum absolute atomic E-state index is 13.8. The Kier molecular flexibility index (Phi) is 6.53. The predicted octanol–water partition coefficient (Wildman–Crippen LogP) is 1.99. The first-order valence-corrected chi connectivity index (χ1v) is 9.56. The molecule has 0 saturated carbocycles. The average molecular weight is 415 g/mol. The van der Waals surface area contributed by atoms with Gasteiger partial charge in [-0.15, -0.1) is 0 Å². The van der Waals surface area contributed by atoms with Crippen molar-refractivity contribution in [3.63, 3.8) is 0 Å². The predicted molar refractivity (Wildman–Crippen MR) is 95.9 cm³/mol. The molecule has 2 rings (SSSR count). The molecule has 0 aromatic heterocycles. The van der Waals surface area contributed by atoms with Gasteiger partial charge in [-0.05, 0) is 36.8 Å². The van der Waals surface area contributed by atoms with Crippen molar-refractivity contribution in [1.82, 2.24) is 5.32 Å². The average Bonchev–Trinajstić information content (AvgIpc) is 2.59. The minimum absolute atomic E-state index is 0.107. The number of benzene rings is 2. The summed E-state index contributed by atoms with van der Waals surface area (Å²) in [5, 5.41) is 7.95. The molecule has 27 heavy (non-hydrogen) atoms. The Morgan fingerprint density at radius 1 is 1.26 bits per heavy atom. The highest BCUT2D eigenvalue weighted by Gasteiger charge is 2.23. The topological polar surface area (TPSA) is 116 Å². The molecular weight excluding hydrogens is 399 g/mol. The molecule has 0 unspecified atom stereocenters. The van der Waals surface area contributed by atoms with E-state index in [1.165, 1.54) is 6.92 Å². The summed E-state index contributed by atoms with van der Waals surface area (Å²) in [6, 6.07) is 9.31. The third kappa shape index (κ3) is 5.49. The molecule has 0 bridgehead atoms. The SMILES string of the molecule is C[C@H](OC(=O)c1cc(S(N)(=O)=O)ccc1F)C(=O)NCc1ccccc1Cl. The Labute approximate surface area is 160 Å². The van der Waals surface area contributed by atoms with Crippen LogP contribution in [-0.2, 0) is 26.1 Å². The number of hydrogen-bond donors (Lipinski definition) is 2. The quantitative estimate of drug-likeness (QED) is 0.701. The molecule has 2 aromatic rings. The minimum Gasteiger partial charge on any atom is -0.449 e. The monoisotopic (exact) mass is 414 g/mol. The van der Waals surface area contributed by atoms with Gasteiger partial charge >= 0.3 is 5.97 Å². The zero-order chi connectivity index (χ0) is 20.2. The fourth-order valence-electron chi connectivity index (χ4n) is 2.08. The van der Waals surface area contributed by atoms with Gasteiger partial charge in [0.05, 0.1) is 10.5 Å². The van der Waals surface area contributed by atoms with Gasteiger partial charge in [0.25, 0.3) is 5.91 Å². The van der Waals surface area contributed by atoms with Gasteiger partial charge in [0.1, 0.15) is 5.82 Å². The van der Waals surface area contributed by atoms with E-state index in [4.69, 9.17) is 21.5 Å². The highest BCUT2D eigenvalue weighted by molar-refractivity contribution is 7.89. The molecule has 10 heteroatoms. The number of nitrogens with one attached hydrogen (secondary N) is 1. The van der Waals surface area contributed by atoms with Crippen LogP contribution in [-0.4, -0.2) is 26.4 Å². The van der Waals surface area contributed by atoms with Crippen LogP contribution in [0.2, 0.25) is 5.02 Å². The molecular formula is C17H16ClFN2O5S. The minimum atomic E-state index is -4.13. The summed E-state index contributed by atoms with van der Waals surface area (Å²) >= 11 is 5.98. The van der Waals surface area contributed by atoms with E-state index in [2.05, 4.69) is 5.32 Å². The zero-order valence-electron chi connectivity index (χ0n) is 14.1. The van der Waals surface area contributed by atoms with Crippen molar-refractivity contribution >= 4 is 33.5 Å². The van der Waals surface area contributed by atoms with E-state index in [1.54, 1.807) is 24.3 Å². The van der Waals surface area contributed by atoms with E-state index in [0.29, 0.717) is 10.6 Å². The number of carbonyl (C=O) groups is 2. The van der Waals surface area contributed by atoms with Gasteiger partial charge in [0.2, 0.25) is 10.0 Å². The first-order valence-electron chi connectivity index (χ1n) is 7.64. The maximum Gasteiger partial charge on any atom is 0.341 e. The van der Waals surface area contributed by atoms with Gasteiger partial charge in [0.15, 0.2) is 6.10 Å². The third-order valence-corrected chi connectivity index (χ3v) is 4.83. The smallest absolute Gasteiger partial charge is 0.341 e. The van der Waals surface area contributed by atoms with Gasteiger partial charge in [0, 0.05) is 11.6 Å². The molecule has 3 N–H and O–H groups in total. The van der Waals surface area contributed by atoms with Crippen molar-refractivity contribution < 1.29 is 27.1 Å². The van der Waals surface area contributed by atoms with E-state index in [0.717, 1.165) is 18.2 Å². The van der Waals surface area contributed by atoms with Crippen LogP contribution in [0, 0.1) is 5.82 Å². The molecule has 0 radical (unpaired) electrons. The van der Waals surface area contributed by atoms with Crippen LogP contribution in [0.15, 0.2) is 47.4 Å². The number of hydrogen-bond acceptors (Lipinski definition) is 5. The third-order valence-electron chi connectivity index (χ3n) is 3.55. The van der Waals surface area contributed by atoms with Crippen LogP contribution in [0.4, 0.5) is 4.39 Å². The Hall–Kier alpha value is -2.49. The molecule has 1 atom stereocenters. The van der Waals surface area contributed by atoms with Crippen LogP contribution < -0.4 is 10.5 Å². The van der Waals surface area contributed by atoms with E-state index >= 15 is 0 Å². The van der Waals surface area contributed by atoms with Crippen LogP contribution in [0.1, 0.15) is 22.8 Å². The molecule has 0 saturated heterocycles. The summed E-state index contributed by atoms with van der Waals surface area (Å²) in [4.78, 5) is 23.7. The molecule has 144 valence electrons. The van der Waals surface area contributed by atoms with Gasteiger partial charge in [-0.25, -0.2) is 22.7 Å². The van der Waals surface area contributed by atoms with Crippen molar-refractivity contribution in [3.05, 3.63) is 64.4 Å². The molecule has 0 spiro atoms. The maximum atomic E-state index is 13.8. The second-order valence-corrected chi connectivity index (χ2v) is 7.51. The second kappa shape index (κ2) is 8.47. The summed E-state index contributed by atoms with van der Waals surface area (Å²) in [6.07, 6.45) is -1.25. The largest absolute Gasteiger partial charge is 0.449 e. The van der Waals surface area contributed by atoms with Crippen LogP contribution in [0.3, 0.4) is 0 Å². The summed E-state index contributed by atoms with van der Waals surface area (Å²) < 4.78 is 41.4. The molecule has 0 aliphatic heterocycles. The first kappa shape index (κ1) is 20.8. The van der Waals surface area contributed by atoms with Gasteiger partial charge in [-0.2, -0.15) is 0 Å². The Morgan fingerprint density at radius 2 is 1.93 bits per heavy atom. The number of ether oxygens (including phenoxy) is 1. The van der Waals surface area contributed by atoms with Crippen molar-refractivity contribution in [2.75, 3.05) is 0 Å². The summed E-state index contributed by atoms with van der Waals surface area (Å²) in [5.41, 5.74) is 0.0187. The summed E-state index contributed by atoms with van der Waals surface area (Å²) in [6.45, 7) is 1.40. The van der Waals surface area contributed by atoms with E-state index in [1.807, 2.05) is 0 Å². The number of esters is 1. The molecule has 2 aromatic carbocycles. The number of halogens is 2. The number of rotatable bonds is 6. The number of sulfonamides is 1. The van der Waals surface area contributed by atoms with Crippen molar-refractivity contribution in [1.29, 1.82) is 0 Å². The standard InChI is InChI=1S/C17H16ClFN2O5S/c1-10(16(22)21-9-11-4-2-3-5-14(11)18)26-17(23)13-8-12(27(20,24)25)6-7-15(13)19/h2-8,10H,9H2,1H3,(H,21,22)(H2,20,24,25)/t10-/m0/s1. The van der Waals surface area contributed by atoms with Crippen LogP contribution in [0.25, 0.3) is 0 Å². The lowest BCUT2D eigenvalue weighted by Crippen LogP contribution is -2.35. The number of amides is 1. The Balaban J connectivity index is 2.04. The fraction of sp³-hybridized carbons (Fsp3) is 0.176. The van der Waals surface area contributed by atoms with Gasteiger partial charge in [-0.3, -0.25) is 4.79 Å². The number of carbonyl (C=O) groups excluding carboxylic acids is 2. The zero-order valence-corrected chi connectivity index (χ0v) is 15.7. The van der Waals surface area contributed by atoms with E-state index in [9.17, 15) is 22.4 Å². The highest BCUT2D eigenvalue weighted by atomic mass is 35.5. The number of nitrogens with two attached hydrogens (primary N) is 1. The van der Waals surface area contributed by atoms with E-state index in [-0.39, 0.29) is 6.54 Å². The van der Waals surface area contributed by atoms with Crippen LogP contribution >= 0.6 is 11.6 Å². The lowest BCUT2D eigenvalue weighted by atomic mass is 10.2.